The highest BCUT2D eigenvalue weighted by Gasteiger charge is 2.52. The van der Waals surface area contributed by atoms with E-state index in [2.05, 4.69) is 28.6 Å². The van der Waals surface area contributed by atoms with Crippen LogP contribution in [0.2, 0.25) is 0 Å². The minimum atomic E-state index is -0.453. The molecule has 1 aromatic rings. The molecule has 3 nitrogen and oxygen atoms in total. The molecule has 0 saturated carbocycles. The first-order chi connectivity index (χ1) is 9.66. The van der Waals surface area contributed by atoms with E-state index in [0.717, 1.165) is 9.95 Å². The van der Waals surface area contributed by atoms with E-state index in [1.807, 2.05) is 39.8 Å². The molecule has 114 valence electrons. The standard InChI is InChI=1S/C15H20BBrO3S/c1-14(2)15(3,4)20-16(19-14)11(9-21)7-10-8-12(17)5-6-13(10)18/h5-8,18,21H,9H2,1-4H3. The van der Waals surface area contributed by atoms with E-state index in [1.165, 1.54) is 0 Å². The third-order valence-electron chi connectivity index (χ3n) is 4.07. The molecule has 0 amide bonds. The lowest BCUT2D eigenvalue weighted by atomic mass is 9.78. The number of benzene rings is 1. The van der Waals surface area contributed by atoms with Gasteiger partial charge >= 0.3 is 7.12 Å². The molecule has 0 aliphatic carbocycles. The van der Waals surface area contributed by atoms with Gasteiger partial charge in [-0.05, 0) is 51.4 Å². The first-order valence-electron chi connectivity index (χ1n) is 6.82. The van der Waals surface area contributed by atoms with Gasteiger partial charge in [0.15, 0.2) is 0 Å². The maximum absolute atomic E-state index is 9.96. The van der Waals surface area contributed by atoms with Gasteiger partial charge in [-0.2, -0.15) is 12.6 Å². The molecule has 0 radical (unpaired) electrons. The monoisotopic (exact) mass is 370 g/mol. The van der Waals surface area contributed by atoms with Crippen LogP contribution in [0.3, 0.4) is 0 Å². The molecular weight excluding hydrogens is 351 g/mol. The van der Waals surface area contributed by atoms with Gasteiger partial charge in [0.1, 0.15) is 5.75 Å². The second kappa shape index (κ2) is 5.99. The van der Waals surface area contributed by atoms with Crippen molar-refractivity contribution in [2.45, 2.75) is 38.9 Å². The third-order valence-corrected chi connectivity index (χ3v) is 4.93. The summed E-state index contributed by atoms with van der Waals surface area (Å²) >= 11 is 7.78. The average Bonchev–Trinajstić information content (AvgIpc) is 2.59. The number of rotatable bonds is 3. The number of thiol groups is 1. The second-order valence-corrected chi connectivity index (χ2v) is 7.40. The SMILES string of the molecule is CC1(C)OB(C(=Cc2cc(Br)ccc2O)CS)OC1(C)C. The molecule has 1 heterocycles. The Hall–Kier alpha value is -0.425. The number of halogens is 1. The first-order valence-corrected chi connectivity index (χ1v) is 8.24. The van der Waals surface area contributed by atoms with Crippen LogP contribution in [0.4, 0.5) is 0 Å². The Morgan fingerprint density at radius 3 is 2.38 bits per heavy atom. The lowest BCUT2D eigenvalue weighted by Gasteiger charge is -2.32. The molecule has 6 heteroatoms. The number of hydrogen-bond donors (Lipinski definition) is 2. The highest BCUT2D eigenvalue weighted by molar-refractivity contribution is 9.10. The van der Waals surface area contributed by atoms with E-state index in [4.69, 9.17) is 9.31 Å². The maximum Gasteiger partial charge on any atom is 0.491 e. The van der Waals surface area contributed by atoms with Crippen LogP contribution < -0.4 is 0 Å². The maximum atomic E-state index is 9.96. The highest BCUT2D eigenvalue weighted by atomic mass is 79.9. The van der Waals surface area contributed by atoms with Gasteiger partial charge < -0.3 is 14.4 Å². The minimum Gasteiger partial charge on any atom is -0.507 e. The van der Waals surface area contributed by atoms with Crippen molar-refractivity contribution >= 4 is 41.8 Å². The van der Waals surface area contributed by atoms with Crippen LogP contribution in [0, 0.1) is 0 Å². The molecular formula is C15H20BBrO3S. The van der Waals surface area contributed by atoms with Crippen LogP contribution in [-0.4, -0.2) is 29.2 Å². The number of phenols is 1. The second-order valence-electron chi connectivity index (χ2n) is 6.17. The number of aromatic hydroxyl groups is 1. The summed E-state index contributed by atoms with van der Waals surface area (Å²) in [5.74, 6) is 0.706. The molecule has 0 aromatic heterocycles. The Bertz CT molecular complexity index is 556. The van der Waals surface area contributed by atoms with Gasteiger partial charge in [-0.15, -0.1) is 0 Å². The van der Waals surface area contributed by atoms with Crippen LogP contribution in [-0.2, 0) is 9.31 Å². The van der Waals surface area contributed by atoms with Gasteiger partial charge in [0.2, 0.25) is 0 Å². The van der Waals surface area contributed by atoms with E-state index in [1.54, 1.807) is 12.1 Å². The largest absolute Gasteiger partial charge is 0.507 e. The zero-order chi connectivity index (χ0) is 15.8. The van der Waals surface area contributed by atoms with Crippen molar-refractivity contribution in [1.29, 1.82) is 0 Å². The van der Waals surface area contributed by atoms with Crippen molar-refractivity contribution in [3.63, 3.8) is 0 Å². The predicted octanol–water partition coefficient (Wildman–Crippen LogP) is 4.10. The summed E-state index contributed by atoms with van der Waals surface area (Å²) in [6.07, 6.45) is 1.87. The Labute approximate surface area is 140 Å². The van der Waals surface area contributed by atoms with Crippen LogP contribution in [0.1, 0.15) is 33.3 Å². The van der Waals surface area contributed by atoms with E-state index < -0.39 is 7.12 Å². The molecule has 0 unspecified atom stereocenters. The van der Waals surface area contributed by atoms with Crippen LogP contribution in [0.15, 0.2) is 28.1 Å². The van der Waals surface area contributed by atoms with Gasteiger partial charge in [-0.25, -0.2) is 0 Å². The van der Waals surface area contributed by atoms with Crippen molar-refractivity contribution in [3.05, 3.63) is 33.7 Å². The third kappa shape index (κ3) is 3.50. The zero-order valence-corrected chi connectivity index (χ0v) is 15.2. The van der Waals surface area contributed by atoms with E-state index >= 15 is 0 Å². The van der Waals surface area contributed by atoms with Crippen molar-refractivity contribution in [2.75, 3.05) is 5.75 Å². The molecule has 1 saturated heterocycles. The van der Waals surface area contributed by atoms with Crippen LogP contribution in [0.25, 0.3) is 6.08 Å². The van der Waals surface area contributed by atoms with Gasteiger partial charge in [-0.1, -0.05) is 22.0 Å². The molecule has 1 aliphatic rings. The van der Waals surface area contributed by atoms with E-state index in [-0.39, 0.29) is 17.0 Å². The fourth-order valence-corrected chi connectivity index (χ4v) is 2.64. The minimum absolute atomic E-state index is 0.217. The van der Waals surface area contributed by atoms with Crippen LogP contribution >= 0.6 is 28.6 Å². The van der Waals surface area contributed by atoms with Crippen LogP contribution in [0.5, 0.6) is 5.75 Å². The smallest absolute Gasteiger partial charge is 0.491 e. The summed E-state index contributed by atoms with van der Waals surface area (Å²) in [6, 6.07) is 5.29. The fourth-order valence-electron chi connectivity index (χ4n) is 2.02. The highest BCUT2D eigenvalue weighted by Crippen LogP contribution is 2.39. The van der Waals surface area contributed by atoms with Gasteiger partial charge in [-0.3, -0.25) is 0 Å². The van der Waals surface area contributed by atoms with Crippen molar-refractivity contribution in [2.24, 2.45) is 0 Å². The van der Waals surface area contributed by atoms with E-state index in [9.17, 15) is 5.11 Å². The average molecular weight is 371 g/mol. The Balaban J connectivity index is 2.33. The molecule has 2 rings (SSSR count). The van der Waals surface area contributed by atoms with Gasteiger partial charge in [0.25, 0.3) is 0 Å². The normalized spacial score (nSPS) is 20.9. The summed E-state index contributed by atoms with van der Waals surface area (Å²) < 4.78 is 13.0. The summed E-state index contributed by atoms with van der Waals surface area (Å²) in [6.45, 7) is 8.05. The molecule has 1 aromatic carbocycles. The predicted molar refractivity (Wildman–Crippen MR) is 93.7 cm³/mol. The van der Waals surface area contributed by atoms with E-state index in [0.29, 0.717) is 11.3 Å². The molecule has 21 heavy (non-hydrogen) atoms. The van der Waals surface area contributed by atoms with Crippen molar-refractivity contribution < 1.29 is 14.4 Å². The topological polar surface area (TPSA) is 38.7 Å². The molecule has 1 N–H and O–H groups in total. The summed E-state index contributed by atoms with van der Waals surface area (Å²) in [5, 5.41) is 9.96. The molecule has 0 spiro atoms. The van der Waals surface area contributed by atoms with Crippen molar-refractivity contribution in [3.8, 4) is 5.75 Å². The summed E-state index contributed by atoms with van der Waals surface area (Å²) in [5.41, 5.74) is 0.812. The zero-order valence-electron chi connectivity index (χ0n) is 12.7. The Kier molecular flexibility index (Phi) is 4.83. The first kappa shape index (κ1) is 16.9. The molecule has 1 fully saturated rings. The lowest BCUT2D eigenvalue weighted by molar-refractivity contribution is 0.00578. The number of phenolic OH excluding ortho intramolecular Hbond substituents is 1. The summed E-state index contributed by atoms with van der Waals surface area (Å²) in [7, 11) is -0.453. The summed E-state index contributed by atoms with van der Waals surface area (Å²) in [4.78, 5) is 0. The quantitative estimate of drug-likeness (QED) is 0.621. The molecule has 0 atom stereocenters. The lowest BCUT2D eigenvalue weighted by Crippen LogP contribution is -2.41. The fraction of sp³-hybridized carbons (Fsp3) is 0.467. The molecule has 1 aliphatic heterocycles. The molecule has 0 bridgehead atoms. The van der Waals surface area contributed by atoms with Gasteiger partial charge in [0, 0.05) is 15.8 Å². The van der Waals surface area contributed by atoms with Crippen molar-refractivity contribution in [1.82, 2.24) is 0 Å². The number of hydrogen-bond acceptors (Lipinski definition) is 4. The Morgan fingerprint density at radius 1 is 1.29 bits per heavy atom. The van der Waals surface area contributed by atoms with Gasteiger partial charge in [0.05, 0.1) is 11.2 Å². The Morgan fingerprint density at radius 2 is 1.86 bits per heavy atom.